The number of nitrogens with zero attached hydrogens (tertiary/aromatic N) is 1. The number of fused-ring (bicyclic) bond motifs is 1. The first-order chi connectivity index (χ1) is 11.7. The van der Waals surface area contributed by atoms with Crippen molar-refractivity contribution in [3.05, 3.63) is 65.2 Å². The highest BCUT2D eigenvalue weighted by atomic mass is 16.5. The Morgan fingerprint density at radius 2 is 2.00 bits per heavy atom. The summed E-state index contributed by atoms with van der Waals surface area (Å²) in [6.07, 6.45) is 1.57. The van der Waals surface area contributed by atoms with Gasteiger partial charge in [0.2, 0.25) is 0 Å². The molecule has 3 rings (SSSR count). The Hall–Kier alpha value is -2.62. The predicted molar refractivity (Wildman–Crippen MR) is 93.8 cm³/mol. The van der Waals surface area contributed by atoms with Crippen LogP contribution in [0.15, 0.2) is 53.5 Å². The molecule has 2 aromatic carbocycles. The smallest absolute Gasteiger partial charge is 0.302 e. The summed E-state index contributed by atoms with van der Waals surface area (Å²) in [5, 5.41) is 0. The minimum absolute atomic E-state index is 0.112. The lowest BCUT2D eigenvalue weighted by Crippen LogP contribution is -2.23. The van der Waals surface area contributed by atoms with Gasteiger partial charge in [0.05, 0.1) is 25.5 Å². The van der Waals surface area contributed by atoms with E-state index in [1.165, 1.54) is 12.5 Å². The van der Waals surface area contributed by atoms with Crippen LogP contribution >= 0.6 is 0 Å². The summed E-state index contributed by atoms with van der Waals surface area (Å²) in [6, 6.07) is 16.4. The van der Waals surface area contributed by atoms with Crippen LogP contribution in [0.3, 0.4) is 0 Å². The van der Waals surface area contributed by atoms with E-state index in [0.717, 1.165) is 35.4 Å². The van der Waals surface area contributed by atoms with Gasteiger partial charge >= 0.3 is 5.97 Å². The van der Waals surface area contributed by atoms with Gasteiger partial charge in [0.1, 0.15) is 5.75 Å². The average molecular weight is 323 g/mol. The van der Waals surface area contributed by atoms with Crippen LogP contribution in [0.25, 0.3) is 0 Å². The highest BCUT2D eigenvalue weighted by Gasteiger charge is 2.22. The molecule has 0 radical (unpaired) electrons. The SMILES string of the molecule is COc1ccc2c(c1)C(c1ccccc1)=NC(CCOC(C)=O)C2. The molecule has 124 valence electrons. The maximum absolute atomic E-state index is 11.0. The molecule has 0 fully saturated rings. The van der Waals surface area contributed by atoms with Crippen LogP contribution in [0.2, 0.25) is 0 Å². The lowest BCUT2D eigenvalue weighted by Gasteiger charge is -2.24. The maximum Gasteiger partial charge on any atom is 0.302 e. The fourth-order valence-corrected chi connectivity index (χ4v) is 2.96. The minimum Gasteiger partial charge on any atom is -0.497 e. The van der Waals surface area contributed by atoms with Crippen molar-refractivity contribution in [3.8, 4) is 5.75 Å². The highest BCUT2D eigenvalue weighted by molar-refractivity contribution is 6.14. The molecule has 2 aromatic rings. The van der Waals surface area contributed by atoms with E-state index in [2.05, 4.69) is 18.2 Å². The molecule has 1 heterocycles. The number of ether oxygens (including phenoxy) is 2. The van der Waals surface area contributed by atoms with Gasteiger partial charge in [0.25, 0.3) is 0 Å². The zero-order valence-corrected chi connectivity index (χ0v) is 14.0. The predicted octanol–water partition coefficient (Wildman–Crippen LogP) is 3.41. The fraction of sp³-hybridized carbons (Fsp3) is 0.300. The van der Waals surface area contributed by atoms with Crippen molar-refractivity contribution in [1.29, 1.82) is 0 Å². The van der Waals surface area contributed by atoms with Crippen LogP contribution in [-0.4, -0.2) is 31.4 Å². The first-order valence-electron chi connectivity index (χ1n) is 8.11. The topological polar surface area (TPSA) is 47.9 Å². The van der Waals surface area contributed by atoms with E-state index < -0.39 is 0 Å². The highest BCUT2D eigenvalue weighted by Crippen LogP contribution is 2.28. The molecule has 0 saturated heterocycles. The molecule has 0 bridgehead atoms. The lowest BCUT2D eigenvalue weighted by molar-refractivity contribution is -0.141. The van der Waals surface area contributed by atoms with E-state index in [-0.39, 0.29) is 12.0 Å². The van der Waals surface area contributed by atoms with Crippen molar-refractivity contribution in [2.75, 3.05) is 13.7 Å². The first-order valence-corrected chi connectivity index (χ1v) is 8.11. The Bertz CT molecular complexity index is 753. The number of hydrogen-bond donors (Lipinski definition) is 0. The van der Waals surface area contributed by atoms with Crippen molar-refractivity contribution in [2.45, 2.75) is 25.8 Å². The number of rotatable bonds is 5. The third-order valence-corrected chi connectivity index (χ3v) is 4.14. The largest absolute Gasteiger partial charge is 0.497 e. The van der Waals surface area contributed by atoms with Gasteiger partial charge in [-0.25, -0.2) is 0 Å². The van der Waals surface area contributed by atoms with Crippen LogP contribution in [0, 0.1) is 0 Å². The summed E-state index contributed by atoms with van der Waals surface area (Å²) < 4.78 is 10.5. The van der Waals surface area contributed by atoms with Crippen molar-refractivity contribution in [1.82, 2.24) is 0 Å². The molecule has 0 aromatic heterocycles. The number of hydrogen-bond acceptors (Lipinski definition) is 4. The molecule has 1 unspecified atom stereocenters. The van der Waals surface area contributed by atoms with Gasteiger partial charge in [0, 0.05) is 24.5 Å². The number of benzene rings is 2. The van der Waals surface area contributed by atoms with Crippen molar-refractivity contribution >= 4 is 11.7 Å². The molecule has 0 N–H and O–H groups in total. The van der Waals surface area contributed by atoms with E-state index in [0.29, 0.717) is 6.61 Å². The Morgan fingerprint density at radius 3 is 2.71 bits per heavy atom. The zero-order chi connectivity index (χ0) is 16.9. The second kappa shape index (κ2) is 7.30. The van der Waals surface area contributed by atoms with E-state index >= 15 is 0 Å². The van der Waals surface area contributed by atoms with E-state index in [1.54, 1.807) is 7.11 Å². The molecule has 4 heteroatoms. The number of esters is 1. The van der Waals surface area contributed by atoms with Crippen LogP contribution in [0.5, 0.6) is 5.75 Å². The van der Waals surface area contributed by atoms with Crippen molar-refractivity contribution in [2.24, 2.45) is 4.99 Å². The molecule has 1 aliphatic heterocycles. The number of aliphatic imine (C=N–C) groups is 1. The minimum atomic E-state index is -0.247. The third-order valence-electron chi connectivity index (χ3n) is 4.14. The van der Waals surface area contributed by atoms with E-state index in [1.807, 2.05) is 30.3 Å². The van der Waals surface area contributed by atoms with Gasteiger partial charge in [-0.3, -0.25) is 9.79 Å². The Balaban J connectivity index is 1.93. The molecular formula is C20H21NO3. The van der Waals surface area contributed by atoms with Gasteiger partial charge in [-0.2, -0.15) is 0 Å². The normalized spacial score (nSPS) is 16.1. The molecule has 24 heavy (non-hydrogen) atoms. The Kier molecular flexibility index (Phi) is 4.94. The van der Waals surface area contributed by atoms with Crippen molar-refractivity contribution in [3.63, 3.8) is 0 Å². The van der Waals surface area contributed by atoms with E-state index in [9.17, 15) is 4.79 Å². The Labute approximate surface area is 142 Å². The summed E-state index contributed by atoms with van der Waals surface area (Å²) in [5.41, 5.74) is 4.43. The van der Waals surface area contributed by atoms with Gasteiger partial charge in [0.15, 0.2) is 0 Å². The Morgan fingerprint density at radius 1 is 1.21 bits per heavy atom. The summed E-state index contributed by atoms with van der Waals surface area (Å²) in [5.74, 6) is 0.582. The molecule has 0 spiro atoms. The lowest BCUT2D eigenvalue weighted by atomic mass is 9.89. The van der Waals surface area contributed by atoms with Gasteiger partial charge < -0.3 is 9.47 Å². The van der Waals surface area contributed by atoms with Crippen LogP contribution in [0.1, 0.15) is 30.0 Å². The summed E-state index contributed by atoms with van der Waals surface area (Å²) in [4.78, 5) is 15.9. The zero-order valence-electron chi connectivity index (χ0n) is 14.0. The monoisotopic (exact) mass is 323 g/mol. The average Bonchev–Trinajstić information content (AvgIpc) is 2.61. The van der Waals surface area contributed by atoms with Gasteiger partial charge in [-0.15, -0.1) is 0 Å². The molecule has 4 nitrogen and oxygen atoms in total. The standard InChI is InChI=1S/C20H21NO3/c1-14(22)24-11-10-17-12-16-8-9-18(23-2)13-19(16)20(21-17)15-6-4-3-5-7-15/h3-9,13,17H,10-12H2,1-2H3. The summed E-state index contributed by atoms with van der Waals surface area (Å²) in [7, 11) is 1.67. The second-order valence-corrected chi connectivity index (χ2v) is 5.85. The van der Waals surface area contributed by atoms with Gasteiger partial charge in [-0.1, -0.05) is 36.4 Å². The molecule has 0 aliphatic carbocycles. The van der Waals surface area contributed by atoms with E-state index in [4.69, 9.17) is 14.5 Å². The molecule has 0 saturated carbocycles. The summed E-state index contributed by atoms with van der Waals surface area (Å²) in [6.45, 7) is 1.83. The fourth-order valence-electron chi connectivity index (χ4n) is 2.96. The molecule has 1 aliphatic rings. The van der Waals surface area contributed by atoms with Gasteiger partial charge in [-0.05, 0) is 24.1 Å². The van der Waals surface area contributed by atoms with Crippen LogP contribution in [0.4, 0.5) is 0 Å². The molecule has 1 atom stereocenters. The maximum atomic E-state index is 11.0. The quantitative estimate of drug-likeness (QED) is 0.792. The number of methoxy groups -OCH3 is 1. The summed E-state index contributed by atoms with van der Waals surface area (Å²) >= 11 is 0. The number of carbonyl (C=O) groups excluding carboxylic acids is 1. The number of carbonyl (C=O) groups is 1. The van der Waals surface area contributed by atoms with Crippen LogP contribution in [-0.2, 0) is 16.0 Å². The molecule has 0 amide bonds. The third kappa shape index (κ3) is 3.65. The van der Waals surface area contributed by atoms with Crippen LogP contribution < -0.4 is 4.74 Å². The van der Waals surface area contributed by atoms with Crippen molar-refractivity contribution < 1.29 is 14.3 Å². The second-order valence-electron chi connectivity index (χ2n) is 5.85. The molecular weight excluding hydrogens is 302 g/mol. The first kappa shape index (κ1) is 16.2.